The minimum Gasteiger partial charge on any atom is -0.276 e. The first kappa shape index (κ1) is 7.28. The summed E-state index contributed by atoms with van der Waals surface area (Å²) in [6.45, 7) is 3.70. The number of aromatic nitrogens is 2. The lowest BCUT2D eigenvalue weighted by atomic mass is 10.3. The van der Waals surface area contributed by atoms with Crippen LogP contribution in [-0.2, 0) is 0 Å². The van der Waals surface area contributed by atoms with E-state index >= 15 is 0 Å². The van der Waals surface area contributed by atoms with Gasteiger partial charge in [-0.1, -0.05) is 0 Å². The van der Waals surface area contributed by atoms with Crippen molar-refractivity contribution in [3.8, 4) is 0 Å². The van der Waals surface area contributed by atoms with E-state index in [2.05, 4.69) is 4.98 Å². The first-order valence-corrected chi connectivity index (χ1v) is 3.78. The summed E-state index contributed by atoms with van der Waals surface area (Å²) in [6.07, 6.45) is 1.68. The fourth-order valence-electron chi connectivity index (χ4n) is 1.29. The van der Waals surface area contributed by atoms with Crippen LogP contribution in [0.25, 0.3) is 5.65 Å². The Hall–Kier alpha value is -1.38. The molecule has 2 nitrogen and oxygen atoms in total. The number of nitrogens with zero attached hydrogens (tertiary/aromatic N) is 2. The predicted molar refractivity (Wildman–Crippen MR) is 44.6 cm³/mol. The Kier molecular flexibility index (Phi) is 1.40. The molecule has 0 spiro atoms. The average Bonchev–Trinajstić information content (AvgIpc) is 2.29. The van der Waals surface area contributed by atoms with Gasteiger partial charge in [-0.15, -0.1) is 0 Å². The Morgan fingerprint density at radius 2 is 2.08 bits per heavy atom. The van der Waals surface area contributed by atoms with Gasteiger partial charge in [-0.2, -0.15) is 4.39 Å². The monoisotopic (exact) mass is 164 g/mol. The van der Waals surface area contributed by atoms with Crippen LogP contribution in [0.4, 0.5) is 4.39 Å². The smallest absolute Gasteiger partial charge is 0.199 e. The van der Waals surface area contributed by atoms with Crippen LogP contribution in [0, 0.1) is 19.8 Å². The lowest BCUT2D eigenvalue weighted by Crippen LogP contribution is -1.91. The Labute approximate surface area is 69.7 Å². The molecule has 0 atom stereocenters. The van der Waals surface area contributed by atoms with E-state index in [0.717, 1.165) is 11.3 Å². The maximum Gasteiger partial charge on any atom is 0.199 e. The van der Waals surface area contributed by atoms with E-state index in [1.54, 1.807) is 6.20 Å². The van der Waals surface area contributed by atoms with Gasteiger partial charge < -0.3 is 0 Å². The minimum absolute atomic E-state index is 0.259. The highest BCUT2D eigenvalue weighted by Crippen LogP contribution is 2.10. The van der Waals surface area contributed by atoms with Crippen molar-refractivity contribution >= 4 is 5.65 Å². The Morgan fingerprint density at radius 3 is 2.83 bits per heavy atom. The van der Waals surface area contributed by atoms with E-state index in [1.807, 2.05) is 19.9 Å². The molecule has 62 valence electrons. The van der Waals surface area contributed by atoms with Gasteiger partial charge in [-0.05, 0) is 31.5 Å². The van der Waals surface area contributed by atoms with Crippen LogP contribution in [-0.4, -0.2) is 9.38 Å². The standard InChI is InChI=1S/C9H9FN2/c1-6-3-8(10)12-5-7(2)11-9(12)4-6/h3-5H,1-2H3. The maximum absolute atomic E-state index is 13.2. The first-order valence-electron chi connectivity index (χ1n) is 3.78. The molecule has 0 fully saturated rings. The van der Waals surface area contributed by atoms with E-state index in [9.17, 15) is 4.39 Å². The summed E-state index contributed by atoms with van der Waals surface area (Å²) < 4.78 is 14.6. The Balaban J connectivity index is 2.88. The number of fused-ring (bicyclic) bond motifs is 1. The molecule has 0 saturated carbocycles. The highest BCUT2D eigenvalue weighted by Gasteiger charge is 2.02. The normalized spacial score (nSPS) is 10.9. The number of halogens is 1. The zero-order valence-electron chi connectivity index (χ0n) is 7.00. The lowest BCUT2D eigenvalue weighted by Gasteiger charge is -1.96. The van der Waals surface area contributed by atoms with Crippen molar-refractivity contribution in [1.82, 2.24) is 9.38 Å². The predicted octanol–water partition coefficient (Wildman–Crippen LogP) is 2.09. The Bertz CT molecular complexity index is 431. The summed E-state index contributed by atoms with van der Waals surface area (Å²) in [6, 6.07) is 3.35. The molecule has 0 unspecified atom stereocenters. The maximum atomic E-state index is 13.2. The van der Waals surface area contributed by atoms with Crippen LogP contribution in [0.3, 0.4) is 0 Å². The fraction of sp³-hybridized carbons (Fsp3) is 0.222. The van der Waals surface area contributed by atoms with E-state index in [1.165, 1.54) is 10.5 Å². The van der Waals surface area contributed by atoms with E-state index in [-0.39, 0.29) is 5.95 Å². The highest BCUT2D eigenvalue weighted by molar-refractivity contribution is 5.42. The van der Waals surface area contributed by atoms with Crippen LogP contribution >= 0.6 is 0 Å². The summed E-state index contributed by atoms with van der Waals surface area (Å²) in [4.78, 5) is 4.16. The molecule has 2 rings (SSSR count). The topological polar surface area (TPSA) is 17.3 Å². The molecule has 0 aliphatic rings. The summed E-state index contributed by atoms with van der Waals surface area (Å²) in [7, 11) is 0. The summed E-state index contributed by atoms with van der Waals surface area (Å²) >= 11 is 0. The van der Waals surface area contributed by atoms with Gasteiger partial charge in [-0.25, -0.2) is 4.98 Å². The number of aryl methyl sites for hydroxylation is 2. The zero-order valence-corrected chi connectivity index (χ0v) is 7.00. The number of imidazole rings is 1. The molecule has 0 aromatic carbocycles. The van der Waals surface area contributed by atoms with Crippen molar-refractivity contribution in [3.63, 3.8) is 0 Å². The van der Waals surface area contributed by atoms with E-state index in [4.69, 9.17) is 0 Å². The molecule has 0 bridgehead atoms. The molecule has 0 saturated heterocycles. The molecule has 2 heterocycles. The van der Waals surface area contributed by atoms with Gasteiger partial charge in [0.2, 0.25) is 0 Å². The molecule has 0 aliphatic heterocycles. The molecule has 3 heteroatoms. The third kappa shape index (κ3) is 0.978. The van der Waals surface area contributed by atoms with Gasteiger partial charge in [0.15, 0.2) is 5.95 Å². The van der Waals surface area contributed by atoms with Crippen molar-refractivity contribution in [1.29, 1.82) is 0 Å². The molecular weight excluding hydrogens is 155 g/mol. The summed E-state index contributed by atoms with van der Waals surface area (Å²) in [5.41, 5.74) is 2.40. The van der Waals surface area contributed by atoms with Crippen LogP contribution < -0.4 is 0 Å². The minimum atomic E-state index is -0.259. The summed E-state index contributed by atoms with van der Waals surface area (Å²) in [5.74, 6) is -0.259. The molecule has 0 amide bonds. The van der Waals surface area contributed by atoms with Gasteiger partial charge in [0.05, 0.1) is 5.69 Å². The molecular formula is C9H9FN2. The number of pyridine rings is 1. The van der Waals surface area contributed by atoms with Crippen LogP contribution in [0.2, 0.25) is 0 Å². The van der Waals surface area contributed by atoms with E-state index in [0.29, 0.717) is 5.65 Å². The van der Waals surface area contributed by atoms with Crippen LogP contribution in [0.15, 0.2) is 18.3 Å². The van der Waals surface area contributed by atoms with Crippen molar-refractivity contribution in [3.05, 3.63) is 35.5 Å². The van der Waals surface area contributed by atoms with Crippen molar-refractivity contribution in [2.24, 2.45) is 0 Å². The third-order valence-electron chi connectivity index (χ3n) is 1.79. The second kappa shape index (κ2) is 2.30. The number of rotatable bonds is 0. The number of hydrogen-bond donors (Lipinski definition) is 0. The average molecular weight is 164 g/mol. The molecule has 0 aliphatic carbocycles. The van der Waals surface area contributed by atoms with Crippen molar-refractivity contribution in [2.75, 3.05) is 0 Å². The third-order valence-corrected chi connectivity index (χ3v) is 1.79. The zero-order chi connectivity index (χ0) is 8.72. The van der Waals surface area contributed by atoms with Gasteiger partial charge >= 0.3 is 0 Å². The quantitative estimate of drug-likeness (QED) is 0.545. The van der Waals surface area contributed by atoms with Gasteiger partial charge in [0.25, 0.3) is 0 Å². The summed E-state index contributed by atoms with van der Waals surface area (Å²) in [5, 5.41) is 0. The van der Waals surface area contributed by atoms with Gasteiger partial charge in [0, 0.05) is 6.20 Å². The molecule has 2 aromatic rings. The van der Waals surface area contributed by atoms with Gasteiger partial charge in [0.1, 0.15) is 5.65 Å². The van der Waals surface area contributed by atoms with E-state index < -0.39 is 0 Å². The SMILES string of the molecule is Cc1cc(F)n2cc(C)nc2c1. The molecule has 0 N–H and O–H groups in total. The first-order chi connectivity index (χ1) is 5.66. The molecule has 0 radical (unpaired) electrons. The van der Waals surface area contributed by atoms with Gasteiger partial charge in [-0.3, -0.25) is 4.40 Å². The second-order valence-corrected chi connectivity index (χ2v) is 2.97. The fourth-order valence-corrected chi connectivity index (χ4v) is 1.29. The van der Waals surface area contributed by atoms with Crippen LogP contribution in [0.5, 0.6) is 0 Å². The van der Waals surface area contributed by atoms with Crippen LogP contribution in [0.1, 0.15) is 11.3 Å². The Morgan fingerprint density at radius 1 is 1.33 bits per heavy atom. The lowest BCUT2D eigenvalue weighted by molar-refractivity contribution is 0.566. The molecule has 2 aromatic heterocycles. The number of hydrogen-bond acceptors (Lipinski definition) is 1. The largest absolute Gasteiger partial charge is 0.276 e. The molecule has 12 heavy (non-hydrogen) atoms. The second-order valence-electron chi connectivity index (χ2n) is 2.97. The highest BCUT2D eigenvalue weighted by atomic mass is 19.1. The van der Waals surface area contributed by atoms with Crippen molar-refractivity contribution < 1.29 is 4.39 Å². The van der Waals surface area contributed by atoms with Crippen molar-refractivity contribution in [2.45, 2.75) is 13.8 Å².